The number of nitro groups is 1. The van der Waals surface area contributed by atoms with Gasteiger partial charge in [-0.2, -0.15) is 5.26 Å². The van der Waals surface area contributed by atoms with E-state index in [0.29, 0.717) is 11.5 Å². The van der Waals surface area contributed by atoms with Crippen molar-refractivity contribution >= 4 is 17.3 Å². The van der Waals surface area contributed by atoms with Crippen molar-refractivity contribution < 1.29 is 9.66 Å². The summed E-state index contributed by atoms with van der Waals surface area (Å²) >= 11 is 0. The molecule has 6 nitrogen and oxygen atoms in total. The molecule has 2 heterocycles. The Morgan fingerprint density at radius 1 is 1.07 bits per heavy atom. The summed E-state index contributed by atoms with van der Waals surface area (Å²) in [5.74, 6) is 0.787. The number of nitro benzene ring substituents is 1. The van der Waals surface area contributed by atoms with Crippen molar-refractivity contribution in [2.45, 2.75) is 18.8 Å². The van der Waals surface area contributed by atoms with Crippen LogP contribution in [-0.2, 0) is 11.2 Å². The highest BCUT2D eigenvalue weighted by Crippen LogP contribution is 2.49. The molecule has 1 aliphatic carbocycles. The van der Waals surface area contributed by atoms with Crippen LogP contribution in [0.4, 0.5) is 5.69 Å². The van der Waals surface area contributed by atoms with Gasteiger partial charge >= 0.3 is 0 Å². The molecule has 0 spiro atoms. The summed E-state index contributed by atoms with van der Waals surface area (Å²) in [7, 11) is 0. The smallest absolute Gasteiger partial charge is 0.269 e. The van der Waals surface area contributed by atoms with Crippen LogP contribution in [0.2, 0.25) is 0 Å². The fraction of sp³-hybridized carbons (Fsp3) is 0.125. The van der Waals surface area contributed by atoms with Crippen LogP contribution in [0.5, 0.6) is 0 Å². The Morgan fingerprint density at radius 2 is 1.87 bits per heavy atom. The van der Waals surface area contributed by atoms with Gasteiger partial charge in [0.2, 0.25) is 5.88 Å². The number of hydrogen-bond donors (Lipinski definition) is 0. The largest absolute Gasteiger partial charge is 0.439 e. The molecule has 30 heavy (non-hydrogen) atoms. The third kappa shape index (κ3) is 2.80. The number of ether oxygens (including phenoxy) is 1. The Bertz CT molecular complexity index is 1260. The Morgan fingerprint density at radius 3 is 2.63 bits per heavy atom. The Labute approximate surface area is 173 Å². The van der Waals surface area contributed by atoms with E-state index in [2.05, 4.69) is 12.1 Å². The number of fused-ring (bicyclic) bond motifs is 2. The predicted molar refractivity (Wildman–Crippen MR) is 112 cm³/mol. The second-order valence-electron chi connectivity index (χ2n) is 7.32. The maximum absolute atomic E-state index is 11.4. The maximum Gasteiger partial charge on any atom is 0.269 e. The summed E-state index contributed by atoms with van der Waals surface area (Å²) in [5.41, 5.74) is 4.38. The number of hydrogen-bond acceptors (Lipinski definition) is 4. The zero-order valence-corrected chi connectivity index (χ0v) is 16.0. The average Bonchev–Trinajstić information content (AvgIpc) is 3.32. The first-order chi connectivity index (χ1) is 14.7. The fourth-order valence-electron chi connectivity index (χ4n) is 4.32. The Hall–Kier alpha value is -4.11. The number of benzene rings is 2. The molecule has 0 fully saturated rings. The third-order valence-corrected chi connectivity index (χ3v) is 5.66. The summed E-state index contributed by atoms with van der Waals surface area (Å²) in [6.07, 6.45) is 5.22. The summed E-state index contributed by atoms with van der Waals surface area (Å²) in [5, 5.41) is 21.5. The SMILES string of the molecule is N#CC1=C(n2cccc2)OC2=C(CCc3ccccc32)C1c1cccc([N+](=O)[O-])c1. The lowest BCUT2D eigenvalue weighted by molar-refractivity contribution is -0.384. The van der Waals surface area contributed by atoms with Gasteiger partial charge in [-0.3, -0.25) is 14.7 Å². The van der Waals surface area contributed by atoms with Crippen molar-refractivity contribution in [1.82, 2.24) is 4.57 Å². The molecular formula is C24H17N3O3. The van der Waals surface area contributed by atoms with Crippen LogP contribution in [0, 0.1) is 21.4 Å². The third-order valence-electron chi connectivity index (χ3n) is 5.66. The van der Waals surface area contributed by atoms with E-state index < -0.39 is 10.8 Å². The van der Waals surface area contributed by atoms with Crippen molar-refractivity contribution in [3.63, 3.8) is 0 Å². The molecule has 0 saturated heterocycles. The highest BCUT2D eigenvalue weighted by atomic mass is 16.6. The van der Waals surface area contributed by atoms with Crippen molar-refractivity contribution in [1.29, 1.82) is 5.26 Å². The van der Waals surface area contributed by atoms with Crippen molar-refractivity contribution in [2.24, 2.45) is 0 Å². The number of nitrogens with zero attached hydrogens (tertiary/aromatic N) is 3. The lowest BCUT2D eigenvalue weighted by atomic mass is 9.76. The van der Waals surface area contributed by atoms with Gasteiger partial charge in [-0.15, -0.1) is 0 Å². The van der Waals surface area contributed by atoms with Gasteiger partial charge in [0.15, 0.2) is 0 Å². The van der Waals surface area contributed by atoms with Crippen molar-refractivity contribution in [3.8, 4) is 6.07 Å². The van der Waals surface area contributed by atoms with E-state index in [1.165, 1.54) is 11.6 Å². The zero-order valence-electron chi connectivity index (χ0n) is 16.0. The van der Waals surface area contributed by atoms with Crippen LogP contribution in [0.15, 0.2) is 84.2 Å². The minimum atomic E-state index is -0.406. The molecule has 2 aromatic carbocycles. The Balaban J connectivity index is 1.77. The lowest BCUT2D eigenvalue weighted by Crippen LogP contribution is -2.21. The number of aryl methyl sites for hydroxylation is 1. The molecule has 146 valence electrons. The van der Waals surface area contributed by atoms with E-state index in [4.69, 9.17) is 4.74 Å². The standard InChI is InChI=1S/C24H17N3O3/c25-15-21-22(17-7-5-8-18(14-17)27(28)29)20-11-10-16-6-1-2-9-19(16)23(20)30-24(21)26-12-3-4-13-26/h1-9,12-14,22H,10-11H2. The van der Waals surface area contributed by atoms with Gasteiger partial charge in [-0.05, 0) is 41.7 Å². The van der Waals surface area contributed by atoms with Crippen LogP contribution in [0.25, 0.3) is 11.6 Å². The van der Waals surface area contributed by atoms with E-state index in [1.807, 2.05) is 48.8 Å². The second-order valence-corrected chi connectivity index (χ2v) is 7.32. The number of non-ortho nitro benzene ring substituents is 1. The molecule has 3 aromatic rings. The van der Waals surface area contributed by atoms with Gasteiger partial charge in [-0.1, -0.05) is 36.4 Å². The monoisotopic (exact) mass is 395 g/mol. The van der Waals surface area contributed by atoms with Gasteiger partial charge in [0.1, 0.15) is 17.4 Å². The van der Waals surface area contributed by atoms with Crippen LogP contribution in [-0.4, -0.2) is 9.49 Å². The first-order valence-electron chi connectivity index (χ1n) is 9.68. The summed E-state index contributed by atoms with van der Waals surface area (Å²) < 4.78 is 8.14. The Kier molecular flexibility index (Phi) is 4.22. The molecule has 1 aliphatic heterocycles. The quantitative estimate of drug-likeness (QED) is 0.447. The lowest BCUT2D eigenvalue weighted by Gasteiger charge is -2.34. The van der Waals surface area contributed by atoms with E-state index in [0.717, 1.165) is 35.3 Å². The second kappa shape index (κ2) is 7.05. The van der Waals surface area contributed by atoms with E-state index in [1.54, 1.807) is 16.7 Å². The molecule has 2 aliphatic rings. The minimum absolute atomic E-state index is 0.0113. The molecule has 0 N–H and O–H groups in total. The summed E-state index contributed by atoms with van der Waals surface area (Å²) in [4.78, 5) is 11.0. The highest BCUT2D eigenvalue weighted by Gasteiger charge is 2.37. The van der Waals surface area contributed by atoms with Crippen LogP contribution >= 0.6 is 0 Å². The first-order valence-corrected chi connectivity index (χ1v) is 9.68. The topological polar surface area (TPSA) is 81.1 Å². The molecular weight excluding hydrogens is 378 g/mol. The highest BCUT2D eigenvalue weighted by molar-refractivity contribution is 5.79. The molecule has 1 atom stereocenters. The van der Waals surface area contributed by atoms with Gasteiger partial charge in [0.05, 0.1) is 4.92 Å². The number of aromatic nitrogens is 1. The molecule has 1 aromatic heterocycles. The first kappa shape index (κ1) is 18.0. The number of nitriles is 1. The van der Waals surface area contributed by atoms with E-state index in [9.17, 15) is 15.4 Å². The van der Waals surface area contributed by atoms with Crippen LogP contribution in [0.1, 0.15) is 29.0 Å². The molecule has 5 rings (SSSR count). The molecule has 1 unspecified atom stereocenters. The van der Waals surface area contributed by atoms with Crippen LogP contribution in [0.3, 0.4) is 0 Å². The average molecular weight is 395 g/mol. The zero-order chi connectivity index (χ0) is 20.7. The molecule has 0 amide bonds. The van der Waals surface area contributed by atoms with E-state index >= 15 is 0 Å². The molecule has 0 radical (unpaired) electrons. The molecule has 0 bridgehead atoms. The predicted octanol–water partition coefficient (Wildman–Crippen LogP) is 5.26. The van der Waals surface area contributed by atoms with Crippen LogP contribution < -0.4 is 0 Å². The van der Waals surface area contributed by atoms with Crippen molar-refractivity contribution in [3.05, 3.63) is 111 Å². The summed E-state index contributed by atoms with van der Waals surface area (Å²) in [6.45, 7) is 0. The van der Waals surface area contributed by atoms with Gasteiger partial charge < -0.3 is 4.74 Å². The number of rotatable bonds is 3. The molecule has 0 saturated carbocycles. The van der Waals surface area contributed by atoms with Gasteiger partial charge in [-0.25, -0.2) is 0 Å². The fourth-order valence-corrected chi connectivity index (χ4v) is 4.32. The molecule has 6 heteroatoms. The maximum atomic E-state index is 11.4. The van der Waals surface area contributed by atoms with E-state index in [-0.39, 0.29) is 5.69 Å². The number of allylic oxidation sites excluding steroid dienone is 2. The van der Waals surface area contributed by atoms with Gasteiger partial charge in [0, 0.05) is 36.0 Å². The van der Waals surface area contributed by atoms with Gasteiger partial charge in [0.25, 0.3) is 5.69 Å². The minimum Gasteiger partial charge on any atom is -0.439 e. The summed E-state index contributed by atoms with van der Waals surface area (Å²) in [6, 6.07) is 20.7. The van der Waals surface area contributed by atoms with Crippen molar-refractivity contribution in [2.75, 3.05) is 0 Å². The normalized spacial score (nSPS) is 17.6.